The number of hydrogen-bond donors (Lipinski definition) is 2. The van der Waals surface area contributed by atoms with Crippen molar-refractivity contribution >= 4 is 33.5 Å². The van der Waals surface area contributed by atoms with Crippen molar-refractivity contribution in [2.45, 2.75) is 9.79 Å². The summed E-state index contributed by atoms with van der Waals surface area (Å²) in [6, 6.07) is 8.46. The summed E-state index contributed by atoms with van der Waals surface area (Å²) in [6.45, 7) is 0. The van der Waals surface area contributed by atoms with Crippen LogP contribution in [0, 0.1) is 0 Å². The second-order valence-electron chi connectivity index (χ2n) is 3.98. The number of hydrogen-bond acceptors (Lipinski definition) is 6. The minimum Gasteiger partial charge on any atom is -0.768 e. The summed E-state index contributed by atoms with van der Waals surface area (Å²) in [5.74, 6) is 0. The Labute approximate surface area is 177 Å². The van der Waals surface area contributed by atoms with Gasteiger partial charge in [-0.05, 0) is 57.6 Å². The SMILES string of the molecule is Nc1ccc(-c2ccc(N)cc2S(=O)[O-])c(S(=O)[O-])c1.[Na+].[Na+]. The van der Waals surface area contributed by atoms with E-state index in [1.54, 1.807) is 0 Å². The summed E-state index contributed by atoms with van der Waals surface area (Å²) >= 11 is -5.08. The van der Waals surface area contributed by atoms with Gasteiger partial charge in [0.15, 0.2) is 0 Å². The van der Waals surface area contributed by atoms with Gasteiger partial charge < -0.3 is 20.6 Å². The number of nitrogens with two attached hydrogens (primary N) is 2. The van der Waals surface area contributed by atoms with Gasteiger partial charge in [0.25, 0.3) is 0 Å². The van der Waals surface area contributed by atoms with Crippen LogP contribution in [0.1, 0.15) is 0 Å². The van der Waals surface area contributed by atoms with Gasteiger partial charge in [0.2, 0.25) is 0 Å². The average Bonchev–Trinajstić information content (AvgIpc) is 2.38. The maximum Gasteiger partial charge on any atom is 1.00 e. The number of anilines is 2. The first-order chi connectivity index (χ1) is 9.40. The van der Waals surface area contributed by atoms with Crippen molar-refractivity contribution in [3.63, 3.8) is 0 Å². The van der Waals surface area contributed by atoms with E-state index in [0.29, 0.717) is 0 Å². The molecule has 0 amide bonds. The van der Waals surface area contributed by atoms with E-state index in [2.05, 4.69) is 0 Å². The first-order valence-electron chi connectivity index (χ1n) is 5.38. The molecular formula is C12H10N2Na2O4S2. The molecule has 22 heavy (non-hydrogen) atoms. The summed E-state index contributed by atoms with van der Waals surface area (Å²) in [6.07, 6.45) is 0. The van der Waals surface area contributed by atoms with E-state index in [9.17, 15) is 17.5 Å². The molecule has 0 aliphatic rings. The molecule has 2 atom stereocenters. The zero-order valence-corrected chi connectivity index (χ0v) is 17.7. The van der Waals surface area contributed by atoms with E-state index in [4.69, 9.17) is 11.5 Å². The van der Waals surface area contributed by atoms with E-state index in [0.717, 1.165) is 0 Å². The second-order valence-corrected chi connectivity index (χ2v) is 5.80. The van der Waals surface area contributed by atoms with E-state index >= 15 is 0 Å². The van der Waals surface area contributed by atoms with Gasteiger partial charge in [-0.25, -0.2) is 0 Å². The molecule has 0 saturated heterocycles. The van der Waals surface area contributed by atoms with E-state index in [1.807, 2.05) is 0 Å². The molecular weight excluding hydrogens is 346 g/mol. The molecule has 0 aliphatic carbocycles. The smallest absolute Gasteiger partial charge is 0.768 e. The Morgan fingerprint density at radius 3 is 1.32 bits per heavy atom. The van der Waals surface area contributed by atoms with Crippen LogP contribution in [0.2, 0.25) is 0 Å². The first kappa shape index (κ1) is 22.3. The molecule has 0 spiro atoms. The molecule has 0 aliphatic heterocycles. The van der Waals surface area contributed by atoms with Gasteiger partial charge in [0.05, 0.1) is 0 Å². The van der Waals surface area contributed by atoms with Crippen LogP contribution in [0.5, 0.6) is 0 Å². The number of benzene rings is 2. The van der Waals surface area contributed by atoms with Crippen LogP contribution in [0.25, 0.3) is 11.1 Å². The maximum atomic E-state index is 11.3. The minimum absolute atomic E-state index is 0. The number of nitrogen functional groups attached to an aromatic ring is 2. The van der Waals surface area contributed by atoms with Crippen molar-refractivity contribution in [1.82, 2.24) is 0 Å². The van der Waals surface area contributed by atoms with Gasteiger partial charge in [-0.3, -0.25) is 8.42 Å². The van der Waals surface area contributed by atoms with Crippen molar-refractivity contribution in [3.8, 4) is 11.1 Å². The monoisotopic (exact) mass is 356 g/mol. The predicted molar refractivity (Wildman–Crippen MR) is 75.1 cm³/mol. The molecule has 0 aromatic heterocycles. The third-order valence-electron chi connectivity index (χ3n) is 2.66. The fourth-order valence-electron chi connectivity index (χ4n) is 1.80. The maximum absolute atomic E-state index is 11.3. The standard InChI is InChI=1S/C12H12N2O4S2.2Na/c13-7-1-3-9(11(5-7)19(15)16)10-4-2-8(14)6-12(10)20(17)18;;/h1-6H,13-14H2,(H,15,16)(H,17,18);;/q;2*+1/p-2. The molecule has 2 aromatic carbocycles. The summed E-state index contributed by atoms with van der Waals surface area (Å²) in [5, 5.41) is 0. The van der Waals surface area contributed by atoms with Gasteiger partial charge in [0, 0.05) is 21.2 Å². The number of rotatable bonds is 3. The molecule has 0 bridgehead atoms. The van der Waals surface area contributed by atoms with Gasteiger partial charge >= 0.3 is 59.1 Å². The quantitative estimate of drug-likeness (QED) is 0.322. The Morgan fingerprint density at radius 2 is 1.05 bits per heavy atom. The van der Waals surface area contributed by atoms with E-state index in [1.165, 1.54) is 36.4 Å². The molecule has 10 heteroatoms. The fourth-order valence-corrected chi connectivity index (χ4v) is 2.98. The van der Waals surface area contributed by atoms with Crippen molar-refractivity contribution in [2.24, 2.45) is 0 Å². The Morgan fingerprint density at radius 1 is 0.727 bits per heavy atom. The third-order valence-corrected chi connectivity index (χ3v) is 4.05. The van der Waals surface area contributed by atoms with Crippen LogP contribution in [-0.4, -0.2) is 17.5 Å². The molecule has 0 radical (unpaired) electrons. The Balaban J connectivity index is 0.00000220. The summed E-state index contributed by atoms with van der Waals surface area (Å²) in [7, 11) is 0. The van der Waals surface area contributed by atoms with Crippen LogP contribution in [0.3, 0.4) is 0 Å². The molecule has 2 unspecified atom stereocenters. The topological polar surface area (TPSA) is 132 Å². The summed E-state index contributed by atoms with van der Waals surface area (Å²) < 4.78 is 45.0. The molecule has 6 nitrogen and oxygen atoms in total. The molecule has 2 rings (SSSR count). The van der Waals surface area contributed by atoms with Crippen LogP contribution < -0.4 is 70.6 Å². The van der Waals surface area contributed by atoms with Crippen molar-refractivity contribution in [3.05, 3.63) is 36.4 Å². The summed E-state index contributed by atoms with van der Waals surface area (Å²) in [4.78, 5) is -0.136. The van der Waals surface area contributed by atoms with Gasteiger partial charge in [0.1, 0.15) is 0 Å². The zero-order valence-electron chi connectivity index (χ0n) is 12.1. The first-order valence-corrected chi connectivity index (χ1v) is 7.53. The molecule has 0 fully saturated rings. The van der Waals surface area contributed by atoms with Crippen LogP contribution in [0.4, 0.5) is 11.4 Å². The largest absolute Gasteiger partial charge is 1.00 e. The van der Waals surface area contributed by atoms with Crippen LogP contribution >= 0.6 is 0 Å². The fraction of sp³-hybridized carbons (Fsp3) is 0. The Kier molecular flexibility index (Phi) is 9.64. The average molecular weight is 356 g/mol. The van der Waals surface area contributed by atoms with Crippen molar-refractivity contribution in [2.75, 3.05) is 11.5 Å². The van der Waals surface area contributed by atoms with E-state index < -0.39 is 22.2 Å². The van der Waals surface area contributed by atoms with E-state index in [-0.39, 0.29) is 91.4 Å². The molecule has 106 valence electrons. The Hall–Kier alpha value is 0.260. The Bertz CT molecular complexity index is 667. The minimum atomic E-state index is -2.54. The van der Waals surface area contributed by atoms with Crippen LogP contribution in [0.15, 0.2) is 46.2 Å². The van der Waals surface area contributed by atoms with Crippen LogP contribution in [-0.2, 0) is 22.2 Å². The van der Waals surface area contributed by atoms with Crippen molar-refractivity contribution < 1.29 is 76.6 Å². The molecule has 0 heterocycles. The predicted octanol–water partition coefficient (Wildman–Crippen LogP) is -5.00. The molecule has 0 saturated carbocycles. The van der Waals surface area contributed by atoms with Gasteiger partial charge in [-0.1, -0.05) is 12.1 Å². The van der Waals surface area contributed by atoms with Crippen molar-refractivity contribution in [1.29, 1.82) is 0 Å². The zero-order chi connectivity index (χ0) is 14.9. The van der Waals surface area contributed by atoms with Gasteiger partial charge in [-0.15, -0.1) is 0 Å². The summed E-state index contributed by atoms with van der Waals surface area (Å²) in [5.41, 5.74) is 12.2. The third kappa shape index (κ3) is 5.13. The molecule has 2 aromatic rings. The molecule has 4 N–H and O–H groups in total. The second kappa shape index (κ2) is 9.53. The normalized spacial score (nSPS) is 12.6. The van der Waals surface area contributed by atoms with Gasteiger partial charge in [-0.2, -0.15) is 0 Å².